The van der Waals surface area contributed by atoms with E-state index in [0.29, 0.717) is 23.6 Å². The smallest absolute Gasteiger partial charge is 0.408 e. The molecule has 0 radical (unpaired) electrons. The fraction of sp³-hybridized carbons (Fsp3) is 0.440. The van der Waals surface area contributed by atoms with Crippen molar-refractivity contribution < 1.29 is 28.9 Å². The van der Waals surface area contributed by atoms with E-state index in [4.69, 9.17) is 20.6 Å². The predicted octanol–water partition coefficient (Wildman–Crippen LogP) is 2.96. The Hall–Kier alpha value is -4.20. The lowest BCUT2D eigenvalue weighted by atomic mass is 10.0. The Balaban J connectivity index is 1.55. The molecule has 1 aromatic heterocycles. The topological polar surface area (TPSA) is 147 Å². The number of alkyl carbamates (subject to hydrolysis) is 1. The van der Waals surface area contributed by atoms with Crippen molar-refractivity contribution in [1.82, 2.24) is 15.5 Å². The standard InChI is InChI=1S/C25H31N5O6/c1-5-8-26-25(33)36-17-7-6-16(9-17)20-12-23(30-29-20)28-24(32)14-35-22-11-18(34-4)10-21(31)19(22)13-27-15(2)3/h1,10-13,15-17,31H,6-9,14H2,2-4H3,(H,26,33)(H2,28,29,30,32). The molecule has 1 fully saturated rings. The number of H-pyrrole nitrogens is 1. The van der Waals surface area contributed by atoms with Gasteiger partial charge in [0.05, 0.1) is 19.2 Å². The lowest BCUT2D eigenvalue weighted by molar-refractivity contribution is -0.118. The van der Waals surface area contributed by atoms with Crippen LogP contribution in [0.15, 0.2) is 23.2 Å². The van der Waals surface area contributed by atoms with Gasteiger partial charge in [0.15, 0.2) is 12.4 Å². The number of phenols is 1. The highest BCUT2D eigenvalue weighted by atomic mass is 16.6. The SMILES string of the molecule is C#CCNC(=O)OC1CCC(c2cc(NC(=O)COc3cc(OC)cc(O)c3C=NC(C)C)n[nH]2)C1. The second kappa shape index (κ2) is 12.5. The number of terminal acetylenes is 1. The average Bonchev–Trinajstić information content (AvgIpc) is 3.49. The van der Waals surface area contributed by atoms with Crippen LogP contribution in [0.4, 0.5) is 10.6 Å². The van der Waals surface area contributed by atoms with E-state index in [1.807, 2.05) is 13.8 Å². The summed E-state index contributed by atoms with van der Waals surface area (Å²) in [6.45, 7) is 3.61. The molecule has 1 saturated carbocycles. The highest BCUT2D eigenvalue weighted by Crippen LogP contribution is 2.36. The molecule has 0 saturated heterocycles. The molecule has 1 heterocycles. The molecule has 11 heteroatoms. The minimum atomic E-state index is -0.529. The Labute approximate surface area is 209 Å². The fourth-order valence-corrected chi connectivity index (χ4v) is 3.76. The van der Waals surface area contributed by atoms with Crippen LogP contribution in [0.2, 0.25) is 0 Å². The van der Waals surface area contributed by atoms with Crippen molar-refractivity contribution in [3.05, 3.63) is 29.5 Å². The van der Waals surface area contributed by atoms with Gasteiger partial charge in [-0.1, -0.05) is 5.92 Å². The molecule has 0 bridgehead atoms. The van der Waals surface area contributed by atoms with Crippen LogP contribution in [0.3, 0.4) is 0 Å². The zero-order chi connectivity index (χ0) is 26.1. The Morgan fingerprint density at radius 3 is 2.89 bits per heavy atom. The van der Waals surface area contributed by atoms with Gasteiger partial charge in [-0.25, -0.2) is 4.79 Å². The van der Waals surface area contributed by atoms with E-state index in [1.165, 1.54) is 19.4 Å². The molecular formula is C25H31N5O6. The van der Waals surface area contributed by atoms with Crippen LogP contribution in [-0.2, 0) is 9.53 Å². The van der Waals surface area contributed by atoms with Crippen molar-refractivity contribution in [3.63, 3.8) is 0 Å². The monoisotopic (exact) mass is 497 g/mol. The van der Waals surface area contributed by atoms with Gasteiger partial charge in [0, 0.05) is 42.1 Å². The summed E-state index contributed by atoms with van der Waals surface area (Å²) in [6.07, 6.45) is 8.06. The minimum Gasteiger partial charge on any atom is -0.507 e. The number of hydrogen-bond donors (Lipinski definition) is 4. The number of rotatable bonds is 10. The first kappa shape index (κ1) is 26.4. The van der Waals surface area contributed by atoms with E-state index in [0.717, 1.165) is 18.5 Å². The van der Waals surface area contributed by atoms with Crippen molar-refractivity contribution in [1.29, 1.82) is 0 Å². The maximum Gasteiger partial charge on any atom is 0.408 e. The molecule has 2 atom stereocenters. The number of aliphatic imine (C=N–C) groups is 1. The third kappa shape index (κ3) is 7.40. The van der Waals surface area contributed by atoms with Crippen molar-refractivity contribution in [3.8, 4) is 29.6 Å². The van der Waals surface area contributed by atoms with Crippen LogP contribution in [0.25, 0.3) is 0 Å². The Kier molecular flexibility index (Phi) is 9.16. The number of anilines is 1. The maximum atomic E-state index is 12.5. The quantitative estimate of drug-likeness (QED) is 0.291. The number of aromatic amines is 1. The number of amides is 2. The Morgan fingerprint density at radius 2 is 2.17 bits per heavy atom. The van der Waals surface area contributed by atoms with Crippen LogP contribution in [0.5, 0.6) is 17.2 Å². The number of ether oxygens (including phenoxy) is 3. The number of hydrogen-bond acceptors (Lipinski definition) is 8. The summed E-state index contributed by atoms with van der Waals surface area (Å²) in [5.41, 5.74) is 1.19. The lowest BCUT2D eigenvalue weighted by Gasteiger charge is -2.12. The Morgan fingerprint density at radius 1 is 1.36 bits per heavy atom. The summed E-state index contributed by atoms with van der Waals surface area (Å²) in [5, 5.41) is 22.6. The molecule has 3 rings (SSSR count). The van der Waals surface area contributed by atoms with E-state index in [-0.39, 0.29) is 42.7 Å². The first-order chi connectivity index (χ1) is 17.3. The molecule has 1 aromatic carbocycles. The summed E-state index contributed by atoms with van der Waals surface area (Å²) in [5.74, 6) is 2.94. The predicted molar refractivity (Wildman–Crippen MR) is 134 cm³/mol. The molecule has 0 aliphatic heterocycles. The zero-order valence-corrected chi connectivity index (χ0v) is 20.5. The van der Waals surface area contributed by atoms with Crippen molar-refractivity contribution in [2.45, 2.75) is 51.2 Å². The van der Waals surface area contributed by atoms with E-state index >= 15 is 0 Å². The number of aromatic hydroxyl groups is 1. The summed E-state index contributed by atoms with van der Waals surface area (Å²) < 4.78 is 16.2. The van der Waals surface area contributed by atoms with E-state index in [9.17, 15) is 14.7 Å². The number of nitrogens with zero attached hydrogens (tertiary/aromatic N) is 2. The van der Waals surface area contributed by atoms with E-state index in [1.54, 1.807) is 12.1 Å². The van der Waals surface area contributed by atoms with E-state index < -0.39 is 12.0 Å². The van der Waals surface area contributed by atoms with Crippen molar-refractivity contribution in [2.24, 2.45) is 4.99 Å². The van der Waals surface area contributed by atoms with Gasteiger partial charge < -0.3 is 30.0 Å². The van der Waals surface area contributed by atoms with Gasteiger partial charge in [0.25, 0.3) is 5.91 Å². The van der Waals surface area contributed by atoms with Gasteiger partial charge >= 0.3 is 6.09 Å². The van der Waals surface area contributed by atoms with Gasteiger partial charge in [-0.2, -0.15) is 5.10 Å². The molecule has 36 heavy (non-hydrogen) atoms. The van der Waals surface area contributed by atoms with Gasteiger partial charge in [-0.15, -0.1) is 6.42 Å². The molecule has 11 nitrogen and oxygen atoms in total. The number of nitrogens with one attached hydrogen (secondary N) is 3. The summed E-state index contributed by atoms with van der Waals surface area (Å²) in [4.78, 5) is 28.5. The molecule has 1 aliphatic rings. The van der Waals surface area contributed by atoms with Gasteiger partial charge in [0.1, 0.15) is 23.4 Å². The zero-order valence-electron chi connectivity index (χ0n) is 20.5. The molecule has 2 aromatic rings. The number of phenolic OH excluding ortho intramolecular Hbond substituents is 1. The molecule has 4 N–H and O–H groups in total. The molecule has 2 amide bonds. The van der Waals surface area contributed by atoms with Crippen LogP contribution in [-0.4, -0.2) is 65.9 Å². The average molecular weight is 498 g/mol. The van der Waals surface area contributed by atoms with Crippen LogP contribution in [0, 0.1) is 12.3 Å². The third-order valence-electron chi connectivity index (χ3n) is 5.49. The number of methoxy groups -OCH3 is 1. The van der Waals surface area contributed by atoms with Crippen LogP contribution < -0.4 is 20.1 Å². The second-order valence-corrected chi connectivity index (χ2v) is 8.57. The van der Waals surface area contributed by atoms with Gasteiger partial charge in [-0.3, -0.25) is 14.9 Å². The number of benzene rings is 1. The first-order valence-electron chi connectivity index (χ1n) is 11.6. The van der Waals surface area contributed by atoms with Crippen LogP contribution in [0.1, 0.15) is 50.3 Å². The minimum absolute atomic E-state index is 0.0174. The first-order valence-corrected chi connectivity index (χ1v) is 11.6. The summed E-state index contributed by atoms with van der Waals surface area (Å²) in [6, 6.07) is 4.79. The summed E-state index contributed by atoms with van der Waals surface area (Å²) in [7, 11) is 1.47. The highest BCUT2D eigenvalue weighted by molar-refractivity contribution is 5.92. The highest BCUT2D eigenvalue weighted by Gasteiger charge is 2.30. The largest absolute Gasteiger partial charge is 0.507 e. The van der Waals surface area contributed by atoms with E-state index in [2.05, 4.69) is 31.7 Å². The van der Waals surface area contributed by atoms with Gasteiger partial charge in [0.2, 0.25) is 0 Å². The number of carbonyl (C=O) groups is 2. The summed E-state index contributed by atoms with van der Waals surface area (Å²) >= 11 is 0. The normalized spacial score (nSPS) is 17.1. The number of carbonyl (C=O) groups excluding carboxylic acids is 2. The van der Waals surface area contributed by atoms with Crippen molar-refractivity contribution in [2.75, 3.05) is 25.6 Å². The Bertz CT molecular complexity index is 1140. The van der Waals surface area contributed by atoms with Crippen molar-refractivity contribution >= 4 is 24.0 Å². The van der Waals surface area contributed by atoms with Crippen LogP contribution >= 0.6 is 0 Å². The number of aromatic nitrogens is 2. The molecule has 2 unspecified atom stereocenters. The molecular weight excluding hydrogens is 466 g/mol. The molecule has 1 aliphatic carbocycles. The fourth-order valence-electron chi connectivity index (χ4n) is 3.76. The second-order valence-electron chi connectivity index (χ2n) is 8.57. The lowest BCUT2D eigenvalue weighted by Crippen LogP contribution is -2.28. The van der Waals surface area contributed by atoms with Gasteiger partial charge in [-0.05, 0) is 33.1 Å². The third-order valence-corrected chi connectivity index (χ3v) is 5.49. The molecule has 0 spiro atoms. The molecule has 192 valence electrons. The maximum absolute atomic E-state index is 12.5.